The van der Waals surface area contributed by atoms with Crippen LogP contribution in [0.25, 0.3) is 20.5 Å². The summed E-state index contributed by atoms with van der Waals surface area (Å²) in [6, 6.07) is 11.3. The van der Waals surface area contributed by atoms with Crippen LogP contribution in [-0.4, -0.2) is 33.9 Å². The van der Waals surface area contributed by atoms with E-state index in [1.165, 1.54) is 36.1 Å². The Hall–Kier alpha value is -3.32. The van der Waals surface area contributed by atoms with Gasteiger partial charge in [-0.25, -0.2) is 4.98 Å². The number of thiophene rings is 1. The van der Waals surface area contributed by atoms with Gasteiger partial charge in [0.1, 0.15) is 5.82 Å². The minimum atomic E-state index is -4.69. The Kier molecular flexibility index (Phi) is 7.12. The minimum Gasteiger partial charge on any atom is -0.383 e. The van der Waals surface area contributed by atoms with Gasteiger partial charge in [0.25, 0.3) is 11.8 Å². The van der Waals surface area contributed by atoms with Crippen molar-refractivity contribution in [1.82, 2.24) is 4.98 Å². The smallest absolute Gasteiger partial charge is 0.383 e. The largest absolute Gasteiger partial charge is 0.417 e. The number of alkyl halides is 3. The lowest BCUT2D eigenvalue weighted by atomic mass is 10.1. The van der Waals surface area contributed by atoms with Crippen molar-refractivity contribution in [3.05, 3.63) is 76.4 Å². The lowest BCUT2D eigenvalue weighted by molar-refractivity contribution is -0.137. The molecule has 0 saturated carbocycles. The van der Waals surface area contributed by atoms with Crippen molar-refractivity contribution in [2.75, 3.05) is 23.6 Å². The van der Waals surface area contributed by atoms with Gasteiger partial charge in [0.15, 0.2) is 0 Å². The summed E-state index contributed by atoms with van der Waals surface area (Å²) in [7, 11) is -2.69. The highest BCUT2D eigenvalue weighted by molar-refractivity contribution is 7.98. The molecule has 2 aromatic carbocycles. The number of benzene rings is 2. The number of thiol groups is 1. The molecule has 2 amide bonds. The van der Waals surface area contributed by atoms with E-state index in [1.807, 2.05) is 0 Å². The molecule has 0 aliphatic carbocycles. The molecule has 0 radical (unpaired) electrons. The zero-order valence-electron chi connectivity index (χ0n) is 19.3. The third kappa shape index (κ3) is 6.16. The molecule has 0 aliphatic rings. The SMILES string of the molecule is C[SH](C)(O)=NC(=O)c1cnc(N)c(-c2cc3cc(NC(=O)c4ccc(Cl)c(C(F)(F)F)c4)ccc3s2)c1. The number of hydrogen-bond acceptors (Lipinski definition) is 5. The van der Waals surface area contributed by atoms with Gasteiger partial charge < -0.3 is 15.6 Å². The summed E-state index contributed by atoms with van der Waals surface area (Å²) in [5.41, 5.74) is 5.81. The molecule has 2 heterocycles. The first-order valence-corrected chi connectivity index (χ1v) is 14.3. The molecule has 0 bridgehead atoms. The van der Waals surface area contributed by atoms with Crippen molar-refractivity contribution >= 4 is 66.4 Å². The fourth-order valence-corrected chi connectivity index (χ4v) is 5.26. The van der Waals surface area contributed by atoms with Crippen LogP contribution in [0, 0.1) is 0 Å². The number of aromatic nitrogens is 1. The predicted octanol–water partition coefficient (Wildman–Crippen LogP) is 6.41. The van der Waals surface area contributed by atoms with Crippen molar-refractivity contribution in [2.24, 2.45) is 4.36 Å². The van der Waals surface area contributed by atoms with Gasteiger partial charge in [-0.2, -0.15) is 17.5 Å². The zero-order chi connectivity index (χ0) is 27.1. The van der Waals surface area contributed by atoms with Crippen LogP contribution in [-0.2, 0) is 16.3 Å². The summed E-state index contributed by atoms with van der Waals surface area (Å²) in [6.45, 7) is 0. The highest BCUT2D eigenvalue weighted by Crippen LogP contribution is 2.38. The summed E-state index contributed by atoms with van der Waals surface area (Å²) < 4.78 is 54.0. The predicted molar refractivity (Wildman–Crippen MR) is 144 cm³/mol. The van der Waals surface area contributed by atoms with Gasteiger partial charge in [-0.1, -0.05) is 11.6 Å². The first kappa shape index (κ1) is 26.7. The number of nitrogens with two attached hydrogens (primary N) is 1. The molecule has 37 heavy (non-hydrogen) atoms. The van der Waals surface area contributed by atoms with E-state index in [4.69, 9.17) is 17.3 Å². The molecule has 2 aromatic heterocycles. The Morgan fingerprint density at radius 2 is 1.84 bits per heavy atom. The third-order valence-corrected chi connectivity index (χ3v) is 7.22. The Bertz CT molecular complexity index is 1600. The van der Waals surface area contributed by atoms with Gasteiger partial charge in [0.05, 0.1) is 16.1 Å². The van der Waals surface area contributed by atoms with E-state index in [-0.39, 0.29) is 16.9 Å². The minimum absolute atomic E-state index is 0.179. The zero-order valence-corrected chi connectivity index (χ0v) is 21.8. The van der Waals surface area contributed by atoms with Crippen LogP contribution in [0.5, 0.6) is 0 Å². The average molecular weight is 569 g/mol. The lowest BCUT2D eigenvalue weighted by Crippen LogP contribution is -2.14. The van der Waals surface area contributed by atoms with Crippen molar-refractivity contribution in [3.8, 4) is 10.4 Å². The van der Waals surface area contributed by atoms with Gasteiger partial charge in [0, 0.05) is 32.6 Å². The van der Waals surface area contributed by atoms with Crippen molar-refractivity contribution in [2.45, 2.75) is 6.18 Å². The molecule has 0 atom stereocenters. The summed E-state index contributed by atoms with van der Waals surface area (Å²) in [5.74, 6) is -1.13. The molecular formula is C24H20ClF3N4O3S2. The van der Waals surface area contributed by atoms with Crippen LogP contribution in [0.4, 0.5) is 24.7 Å². The van der Waals surface area contributed by atoms with E-state index < -0.39 is 38.7 Å². The Morgan fingerprint density at radius 3 is 2.51 bits per heavy atom. The van der Waals surface area contributed by atoms with Crippen LogP contribution in [0.1, 0.15) is 26.3 Å². The van der Waals surface area contributed by atoms with Crippen LogP contribution in [0.3, 0.4) is 0 Å². The fraction of sp³-hybridized carbons (Fsp3) is 0.125. The number of amides is 2. The number of rotatable bonds is 4. The normalized spacial score (nSPS) is 12.4. The average Bonchev–Trinajstić information content (AvgIpc) is 3.20. The van der Waals surface area contributed by atoms with Crippen molar-refractivity contribution < 1.29 is 27.3 Å². The van der Waals surface area contributed by atoms with Crippen LogP contribution in [0.15, 0.2) is 59.1 Å². The second-order valence-corrected chi connectivity index (χ2v) is 12.8. The van der Waals surface area contributed by atoms with Gasteiger partial charge in [0.2, 0.25) is 0 Å². The number of nitrogens with zero attached hydrogens (tertiary/aromatic N) is 2. The molecular weight excluding hydrogens is 549 g/mol. The quantitative estimate of drug-likeness (QED) is 0.212. The second-order valence-electron chi connectivity index (χ2n) is 8.41. The number of fused-ring (bicyclic) bond motifs is 1. The monoisotopic (exact) mass is 568 g/mol. The number of carbonyl (C=O) groups is 2. The first-order valence-electron chi connectivity index (χ1n) is 10.5. The molecule has 0 fully saturated rings. The molecule has 194 valence electrons. The summed E-state index contributed by atoms with van der Waals surface area (Å²) in [6.07, 6.45) is -0.424. The molecule has 4 rings (SSSR count). The van der Waals surface area contributed by atoms with E-state index >= 15 is 0 Å². The fourth-order valence-electron chi connectivity index (χ4n) is 3.41. The van der Waals surface area contributed by atoms with E-state index in [9.17, 15) is 27.3 Å². The molecule has 4 aromatic rings. The van der Waals surface area contributed by atoms with Gasteiger partial charge in [-0.3, -0.25) is 9.59 Å². The maximum atomic E-state index is 13.1. The highest BCUT2D eigenvalue weighted by Gasteiger charge is 2.33. The Morgan fingerprint density at radius 1 is 1.11 bits per heavy atom. The van der Waals surface area contributed by atoms with Crippen LogP contribution >= 0.6 is 22.9 Å². The highest BCUT2D eigenvalue weighted by atomic mass is 35.5. The Labute approximate surface area is 219 Å². The number of halogens is 4. The maximum Gasteiger partial charge on any atom is 0.417 e. The number of anilines is 2. The molecule has 13 heteroatoms. The summed E-state index contributed by atoms with van der Waals surface area (Å²) in [4.78, 5) is 29.8. The summed E-state index contributed by atoms with van der Waals surface area (Å²) >= 11 is 7.00. The number of nitrogen functional groups attached to an aromatic ring is 1. The maximum absolute atomic E-state index is 13.1. The number of carbonyl (C=O) groups excluding carboxylic acids is 2. The number of nitrogens with one attached hydrogen (secondary N) is 1. The van der Waals surface area contributed by atoms with Gasteiger partial charge >= 0.3 is 6.18 Å². The van der Waals surface area contributed by atoms with Gasteiger partial charge in [-0.15, -0.1) is 21.4 Å². The summed E-state index contributed by atoms with van der Waals surface area (Å²) in [5, 5.41) is 2.83. The van der Waals surface area contributed by atoms with E-state index in [2.05, 4.69) is 14.7 Å². The standard InChI is InChI=1S/C24H20ClF3N4O3S2/c1-37(2,35)32-23(34)14-8-16(21(29)30-11-14)20-10-13-7-15(4-6-19(13)36-20)31-22(33)12-3-5-18(25)17(9-12)24(26,27)28/h3-11,37H,1-2H3,(H2,29,30)(H,31,33)(H,32,34,35). The Balaban J connectivity index is 1.63. The molecule has 4 N–H and O–H groups in total. The first-order chi connectivity index (χ1) is 17.2. The van der Waals surface area contributed by atoms with Crippen LogP contribution in [0.2, 0.25) is 5.02 Å². The van der Waals surface area contributed by atoms with Crippen molar-refractivity contribution in [3.63, 3.8) is 0 Å². The second kappa shape index (κ2) is 9.86. The molecule has 0 aliphatic heterocycles. The number of hydrogen-bond donors (Lipinski definition) is 4. The van der Waals surface area contributed by atoms with Crippen molar-refractivity contribution in [1.29, 1.82) is 0 Å². The molecule has 0 spiro atoms. The lowest BCUT2D eigenvalue weighted by Gasteiger charge is -2.11. The van der Waals surface area contributed by atoms with Crippen LogP contribution < -0.4 is 11.1 Å². The number of pyridine rings is 1. The van der Waals surface area contributed by atoms with E-state index in [1.54, 1.807) is 30.3 Å². The van der Waals surface area contributed by atoms with E-state index in [0.717, 1.165) is 16.2 Å². The molecule has 0 unspecified atom stereocenters. The topological polar surface area (TPSA) is 118 Å². The molecule has 0 saturated heterocycles. The van der Waals surface area contributed by atoms with Gasteiger partial charge in [-0.05, 0) is 66.4 Å². The molecule has 7 nitrogen and oxygen atoms in total. The third-order valence-electron chi connectivity index (χ3n) is 5.07. The van der Waals surface area contributed by atoms with E-state index in [0.29, 0.717) is 22.2 Å².